The van der Waals surface area contributed by atoms with Crippen LogP contribution in [0.5, 0.6) is 0 Å². The van der Waals surface area contributed by atoms with E-state index in [9.17, 15) is 52.7 Å². The lowest BCUT2D eigenvalue weighted by molar-refractivity contribution is -0.413. The third-order valence-corrected chi connectivity index (χ3v) is 2.56. The van der Waals surface area contributed by atoms with Crippen molar-refractivity contribution in [3.63, 3.8) is 0 Å². The first-order valence-corrected chi connectivity index (χ1v) is 4.95. The summed E-state index contributed by atoms with van der Waals surface area (Å²) in [6.45, 7) is 0.0381. The molecule has 0 aromatic rings. The van der Waals surface area contributed by atoms with E-state index in [0.717, 1.165) is 0 Å². The zero-order valence-corrected chi connectivity index (χ0v) is 10.2. The molecule has 0 spiro atoms. The van der Waals surface area contributed by atoms with Crippen LogP contribution in [-0.4, -0.2) is 35.0 Å². The Bertz CT molecular complexity index is 381. The predicted molar refractivity (Wildman–Crippen MR) is 45.5 cm³/mol. The largest absolute Gasteiger partial charge is 0.393 e. The third kappa shape index (κ3) is 2.63. The van der Waals surface area contributed by atoms with Gasteiger partial charge in [-0.05, 0) is 11.6 Å². The highest BCUT2D eigenvalue weighted by molar-refractivity contribution is 6.22. The Labute approximate surface area is 114 Å². The van der Waals surface area contributed by atoms with E-state index in [1.54, 1.807) is 0 Å². The van der Waals surface area contributed by atoms with E-state index in [4.69, 9.17) is 0 Å². The van der Waals surface area contributed by atoms with Crippen molar-refractivity contribution in [2.24, 2.45) is 0 Å². The Hall–Kier alpha value is -0.550. The first kappa shape index (κ1) is 20.5. The molecule has 0 bridgehead atoms. The Morgan fingerprint density at radius 3 is 1.10 bits per heavy atom. The van der Waals surface area contributed by atoms with Crippen LogP contribution in [0.3, 0.4) is 0 Å². The normalized spacial score (nSPS) is 16.3. The van der Waals surface area contributed by atoms with Crippen LogP contribution in [0.15, 0.2) is 0 Å². The minimum absolute atomic E-state index is 0.0381. The van der Waals surface area contributed by atoms with Crippen molar-refractivity contribution in [2.75, 3.05) is 0 Å². The molecule has 0 nitrogen and oxygen atoms in total. The lowest BCUT2D eigenvalue weighted by Gasteiger charge is -2.39. The van der Waals surface area contributed by atoms with Gasteiger partial charge in [-0.3, -0.25) is 0 Å². The SMILES string of the molecule is C[CH]C(F)(F)C(F)(F)C(F)(F)C(F)(F)C(F)(F)C(F)(F)Cl. The number of halogens is 13. The van der Waals surface area contributed by atoms with Crippen LogP contribution in [-0.2, 0) is 0 Å². The molecule has 21 heavy (non-hydrogen) atoms. The van der Waals surface area contributed by atoms with Crippen LogP contribution in [0.4, 0.5) is 52.7 Å². The topological polar surface area (TPSA) is 0 Å². The molecule has 0 fully saturated rings. The maximum Gasteiger partial charge on any atom is 0.393 e. The van der Waals surface area contributed by atoms with Gasteiger partial charge in [0.1, 0.15) is 0 Å². The summed E-state index contributed by atoms with van der Waals surface area (Å²) >= 11 is 3.48. The maximum atomic E-state index is 12.8. The Kier molecular flexibility index (Phi) is 4.85. The fourth-order valence-electron chi connectivity index (χ4n) is 0.963. The van der Waals surface area contributed by atoms with Crippen molar-refractivity contribution in [1.82, 2.24) is 0 Å². The van der Waals surface area contributed by atoms with Crippen LogP contribution in [0.25, 0.3) is 0 Å². The molecule has 127 valence electrons. The van der Waals surface area contributed by atoms with Crippen molar-refractivity contribution < 1.29 is 52.7 Å². The first-order chi connectivity index (χ1) is 8.81. The summed E-state index contributed by atoms with van der Waals surface area (Å²) in [5.74, 6) is -35.4. The van der Waals surface area contributed by atoms with Crippen LogP contribution in [0.2, 0.25) is 0 Å². The highest BCUT2D eigenvalue weighted by Crippen LogP contribution is 2.60. The molecule has 0 aliphatic carbocycles. The molecule has 0 saturated carbocycles. The van der Waals surface area contributed by atoms with Crippen LogP contribution >= 0.6 is 11.6 Å². The van der Waals surface area contributed by atoms with Crippen LogP contribution in [0.1, 0.15) is 6.92 Å². The molecule has 0 N–H and O–H groups in total. The van der Waals surface area contributed by atoms with E-state index >= 15 is 0 Å². The van der Waals surface area contributed by atoms with E-state index < -0.39 is 41.4 Å². The lowest BCUT2D eigenvalue weighted by Crippen LogP contribution is -2.69. The lowest BCUT2D eigenvalue weighted by atomic mass is 9.93. The standard InChI is InChI=1S/C8H4ClF12/c1-2-3(10,11)4(12,13)5(14,15)6(16,17)7(18,19)8(9,20)21/h2H,1H3. The molecule has 0 atom stereocenters. The highest BCUT2D eigenvalue weighted by atomic mass is 35.5. The zero-order chi connectivity index (χ0) is 17.7. The summed E-state index contributed by atoms with van der Waals surface area (Å²) in [5, 5.41) is -6.40. The van der Waals surface area contributed by atoms with Crippen LogP contribution < -0.4 is 0 Å². The van der Waals surface area contributed by atoms with Crippen molar-refractivity contribution in [3.05, 3.63) is 6.42 Å². The summed E-state index contributed by atoms with van der Waals surface area (Å²) < 4.78 is 151. The van der Waals surface area contributed by atoms with Gasteiger partial charge in [0.2, 0.25) is 0 Å². The maximum absolute atomic E-state index is 12.8. The van der Waals surface area contributed by atoms with E-state index in [1.807, 2.05) is 0 Å². The summed E-state index contributed by atoms with van der Waals surface area (Å²) in [7, 11) is 0. The van der Waals surface area contributed by atoms with Gasteiger partial charge in [0.15, 0.2) is 0 Å². The van der Waals surface area contributed by atoms with E-state index in [2.05, 4.69) is 11.6 Å². The van der Waals surface area contributed by atoms with Crippen molar-refractivity contribution in [3.8, 4) is 0 Å². The fraction of sp³-hybridized carbons (Fsp3) is 0.875. The first-order valence-electron chi connectivity index (χ1n) is 4.57. The molecule has 0 rings (SSSR count). The Morgan fingerprint density at radius 2 is 0.857 bits per heavy atom. The molecule has 0 aromatic heterocycles. The van der Waals surface area contributed by atoms with Gasteiger partial charge in [-0.1, -0.05) is 6.92 Å². The van der Waals surface area contributed by atoms with Gasteiger partial charge in [0, 0.05) is 6.42 Å². The molecule has 0 aromatic carbocycles. The predicted octanol–water partition coefficient (Wildman–Crippen LogP) is 5.22. The van der Waals surface area contributed by atoms with Gasteiger partial charge in [0.25, 0.3) is 0 Å². The zero-order valence-electron chi connectivity index (χ0n) is 9.49. The van der Waals surface area contributed by atoms with Gasteiger partial charge in [-0.25, -0.2) is 0 Å². The van der Waals surface area contributed by atoms with Gasteiger partial charge in [-0.2, -0.15) is 52.7 Å². The molecule has 0 unspecified atom stereocenters. The number of hydrogen-bond donors (Lipinski definition) is 0. The van der Waals surface area contributed by atoms with Gasteiger partial charge in [-0.15, -0.1) is 0 Å². The average Bonchev–Trinajstić information content (AvgIpc) is 2.26. The average molecular weight is 364 g/mol. The van der Waals surface area contributed by atoms with Gasteiger partial charge < -0.3 is 0 Å². The molecule has 13 heteroatoms. The Morgan fingerprint density at radius 1 is 0.571 bits per heavy atom. The summed E-state index contributed by atoms with van der Waals surface area (Å²) in [5.41, 5.74) is 0. The molecule has 0 aliphatic heterocycles. The second-order valence-corrected chi connectivity index (χ2v) is 4.18. The van der Waals surface area contributed by atoms with Gasteiger partial charge in [0.05, 0.1) is 0 Å². The molecule has 0 heterocycles. The highest BCUT2D eigenvalue weighted by Gasteiger charge is 2.89. The summed E-state index contributed by atoms with van der Waals surface area (Å²) in [6.07, 6.45) is -0.978. The molecule has 0 aliphatic rings. The van der Waals surface area contributed by atoms with E-state index in [-0.39, 0.29) is 6.92 Å². The van der Waals surface area contributed by atoms with E-state index in [0.29, 0.717) is 0 Å². The van der Waals surface area contributed by atoms with Crippen molar-refractivity contribution in [2.45, 2.75) is 41.9 Å². The van der Waals surface area contributed by atoms with Gasteiger partial charge >= 0.3 is 35.0 Å². The fourth-order valence-corrected chi connectivity index (χ4v) is 1.08. The Balaban J connectivity index is 6.14. The number of hydrogen-bond acceptors (Lipinski definition) is 0. The minimum Gasteiger partial charge on any atom is -0.199 e. The number of alkyl halides is 13. The summed E-state index contributed by atoms with van der Waals surface area (Å²) in [4.78, 5) is 0. The molecular formula is C8H4ClF12. The quantitative estimate of drug-likeness (QED) is 0.448. The monoisotopic (exact) mass is 363 g/mol. The third-order valence-electron chi connectivity index (χ3n) is 2.32. The second kappa shape index (κ2) is 4.98. The molecular weight excluding hydrogens is 360 g/mol. The van der Waals surface area contributed by atoms with Crippen LogP contribution in [0, 0.1) is 6.42 Å². The second-order valence-electron chi connectivity index (χ2n) is 3.71. The van der Waals surface area contributed by atoms with Crippen molar-refractivity contribution in [1.29, 1.82) is 0 Å². The van der Waals surface area contributed by atoms with E-state index in [1.165, 1.54) is 0 Å². The minimum atomic E-state index is -7.58. The summed E-state index contributed by atoms with van der Waals surface area (Å²) in [6, 6.07) is 0. The smallest absolute Gasteiger partial charge is 0.199 e. The number of rotatable bonds is 6. The molecule has 0 saturated heterocycles. The van der Waals surface area contributed by atoms with Crippen molar-refractivity contribution >= 4 is 11.6 Å². The molecule has 1 radical (unpaired) electrons. The molecule has 0 amide bonds.